The fourth-order valence-corrected chi connectivity index (χ4v) is 5.96. The fourth-order valence-electron chi connectivity index (χ4n) is 4.23. The van der Waals surface area contributed by atoms with Gasteiger partial charge in [-0.25, -0.2) is 8.42 Å². The normalized spacial score (nSPS) is 24.1. The summed E-state index contributed by atoms with van der Waals surface area (Å²) in [6, 6.07) is 5.37. The van der Waals surface area contributed by atoms with Crippen LogP contribution in [-0.2, 0) is 19.6 Å². The van der Waals surface area contributed by atoms with Crippen molar-refractivity contribution in [3.05, 3.63) is 29.3 Å². The summed E-state index contributed by atoms with van der Waals surface area (Å²) < 4.78 is 27.5. The van der Waals surface area contributed by atoms with Crippen molar-refractivity contribution >= 4 is 21.9 Å². The van der Waals surface area contributed by atoms with E-state index in [-0.39, 0.29) is 19.0 Å². The third kappa shape index (κ3) is 4.07. The van der Waals surface area contributed by atoms with Crippen LogP contribution >= 0.6 is 0 Å². The first kappa shape index (κ1) is 20.8. The monoisotopic (exact) mass is 408 g/mol. The van der Waals surface area contributed by atoms with E-state index in [0.717, 1.165) is 18.4 Å². The van der Waals surface area contributed by atoms with E-state index in [1.54, 1.807) is 24.0 Å². The minimum Gasteiger partial charge on any atom is -0.481 e. The average molecular weight is 409 g/mol. The number of hydrogen-bond donors (Lipinski definition) is 1. The second-order valence-corrected chi connectivity index (χ2v) is 9.74. The maximum atomic E-state index is 13.0. The Kier molecular flexibility index (Phi) is 6.09. The zero-order valence-corrected chi connectivity index (χ0v) is 17.2. The number of carbonyl (C=O) groups excluding carboxylic acids is 1. The maximum absolute atomic E-state index is 13.0. The predicted molar refractivity (Wildman–Crippen MR) is 104 cm³/mol. The van der Waals surface area contributed by atoms with Crippen molar-refractivity contribution < 1.29 is 23.1 Å². The Hall–Kier alpha value is -1.93. The number of sulfonamides is 1. The number of nitrogens with zero attached hydrogens (tertiary/aromatic N) is 2. The van der Waals surface area contributed by atoms with Gasteiger partial charge in [-0.3, -0.25) is 9.59 Å². The molecule has 1 N–H and O–H groups in total. The molecular weight excluding hydrogens is 380 g/mol. The number of carboxylic acids is 1. The molecule has 1 saturated carbocycles. The molecule has 1 saturated heterocycles. The molecule has 2 atom stereocenters. The molecule has 0 spiro atoms. The highest BCUT2D eigenvalue weighted by atomic mass is 32.2. The number of carbonyl (C=O) groups is 2. The second kappa shape index (κ2) is 8.21. The van der Waals surface area contributed by atoms with Crippen molar-refractivity contribution in [3.8, 4) is 0 Å². The Bertz CT molecular complexity index is 859. The van der Waals surface area contributed by atoms with E-state index in [9.17, 15) is 23.1 Å². The average Bonchev–Trinajstić information content (AvgIpc) is 2.69. The molecule has 1 amide bonds. The van der Waals surface area contributed by atoms with E-state index in [4.69, 9.17) is 0 Å². The van der Waals surface area contributed by atoms with Crippen LogP contribution in [0.25, 0.3) is 0 Å². The zero-order valence-electron chi connectivity index (χ0n) is 16.4. The van der Waals surface area contributed by atoms with Gasteiger partial charge in [0, 0.05) is 26.2 Å². The highest BCUT2D eigenvalue weighted by Gasteiger charge is 2.39. The minimum absolute atomic E-state index is 0.143. The molecule has 0 aromatic heterocycles. The van der Waals surface area contributed by atoms with Crippen LogP contribution in [0, 0.1) is 25.7 Å². The van der Waals surface area contributed by atoms with Gasteiger partial charge in [-0.1, -0.05) is 25.0 Å². The Morgan fingerprint density at radius 3 is 2.21 bits per heavy atom. The molecule has 7 nitrogen and oxygen atoms in total. The molecule has 1 heterocycles. The topological polar surface area (TPSA) is 95.0 Å². The van der Waals surface area contributed by atoms with E-state index < -0.39 is 27.8 Å². The van der Waals surface area contributed by atoms with E-state index in [1.165, 1.54) is 4.31 Å². The Morgan fingerprint density at radius 2 is 1.61 bits per heavy atom. The van der Waals surface area contributed by atoms with Crippen LogP contribution in [0.3, 0.4) is 0 Å². The molecule has 2 aliphatic rings. The highest BCUT2D eigenvalue weighted by Crippen LogP contribution is 2.32. The van der Waals surface area contributed by atoms with E-state index >= 15 is 0 Å². The molecule has 3 rings (SSSR count). The van der Waals surface area contributed by atoms with E-state index in [0.29, 0.717) is 36.4 Å². The summed E-state index contributed by atoms with van der Waals surface area (Å²) in [4.78, 5) is 26.3. The third-order valence-electron chi connectivity index (χ3n) is 5.91. The van der Waals surface area contributed by atoms with Crippen LogP contribution in [0.5, 0.6) is 0 Å². The van der Waals surface area contributed by atoms with Crippen LogP contribution < -0.4 is 0 Å². The molecule has 1 aromatic rings. The first-order chi connectivity index (χ1) is 13.2. The summed E-state index contributed by atoms with van der Waals surface area (Å²) in [5, 5.41) is 9.42. The molecule has 0 radical (unpaired) electrons. The van der Waals surface area contributed by atoms with Crippen LogP contribution in [0.1, 0.15) is 36.8 Å². The maximum Gasteiger partial charge on any atom is 0.307 e. The van der Waals surface area contributed by atoms with E-state index in [1.807, 2.05) is 13.0 Å². The Balaban J connectivity index is 1.69. The number of rotatable bonds is 4. The van der Waals surface area contributed by atoms with Crippen LogP contribution in [0.4, 0.5) is 0 Å². The zero-order chi connectivity index (χ0) is 20.5. The number of amides is 1. The minimum atomic E-state index is -3.61. The number of benzene rings is 1. The van der Waals surface area contributed by atoms with Crippen LogP contribution in [0.2, 0.25) is 0 Å². The summed E-state index contributed by atoms with van der Waals surface area (Å²) in [6.45, 7) is 4.69. The molecule has 154 valence electrons. The van der Waals surface area contributed by atoms with Gasteiger partial charge in [0.2, 0.25) is 15.9 Å². The lowest BCUT2D eigenvalue weighted by atomic mass is 9.78. The Labute approximate surface area is 166 Å². The smallest absolute Gasteiger partial charge is 0.307 e. The summed E-state index contributed by atoms with van der Waals surface area (Å²) in [7, 11) is -3.61. The summed E-state index contributed by atoms with van der Waals surface area (Å²) in [5.41, 5.74) is 1.59. The first-order valence-electron chi connectivity index (χ1n) is 9.81. The molecular formula is C20H28N2O5S. The standard InChI is InChI=1S/C20H28N2O5S/c1-14-7-8-15(2)18(13-14)28(26,27)22-11-9-21(10-12-22)19(23)16-5-3-4-6-17(16)20(24)25/h7-8,13,16-17H,3-6,9-12H2,1-2H3,(H,24,25)/t16-,17-/m0/s1. The number of hydrogen-bond acceptors (Lipinski definition) is 4. The lowest BCUT2D eigenvalue weighted by Gasteiger charge is -2.38. The molecule has 28 heavy (non-hydrogen) atoms. The van der Waals surface area contributed by atoms with Crippen molar-refractivity contribution in [2.75, 3.05) is 26.2 Å². The SMILES string of the molecule is Cc1ccc(C)c(S(=O)(=O)N2CCN(C(=O)[C@H]3CCCC[C@@H]3C(=O)O)CC2)c1. The van der Waals surface area contributed by atoms with Crippen molar-refractivity contribution in [2.24, 2.45) is 11.8 Å². The fraction of sp³-hybridized carbons (Fsp3) is 0.600. The van der Waals surface area contributed by atoms with Crippen molar-refractivity contribution in [2.45, 2.75) is 44.4 Å². The largest absolute Gasteiger partial charge is 0.481 e. The van der Waals surface area contributed by atoms with Gasteiger partial charge in [-0.15, -0.1) is 0 Å². The number of carboxylic acid groups (broad SMARTS) is 1. The van der Waals surface area contributed by atoms with Gasteiger partial charge in [0.15, 0.2) is 0 Å². The quantitative estimate of drug-likeness (QED) is 0.823. The lowest BCUT2D eigenvalue weighted by molar-refractivity contribution is -0.152. The van der Waals surface area contributed by atoms with Crippen molar-refractivity contribution in [1.29, 1.82) is 0 Å². The van der Waals surface area contributed by atoms with Gasteiger partial charge in [-0.2, -0.15) is 4.31 Å². The molecule has 8 heteroatoms. The summed E-state index contributed by atoms with van der Waals surface area (Å²) >= 11 is 0. The summed E-state index contributed by atoms with van der Waals surface area (Å²) in [6.07, 6.45) is 2.83. The molecule has 0 unspecified atom stereocenters. The number of aryl methyl sites for hydroxylation is 2. The highest BCUT2D eigenvalue weighted by molar-refractivity contribution is 7.89. The molecule has 2 fully saturated rings. The van der Waals surface area contributed by atoms with Gasteiger partial charge in [0.1, 0.15) is 0 Å². The van der Waals surface area contributed by atoms with Gasteiger partial charge < -0.3 is 10.0 Å². The van der Waals surface area contributed by atoms with Gasteiger partial charge in [0.05, 0.1) is 16.7 Å². The summed E-state index contributed by atoms with van der Waals surface area (Å²) in [5.74, 6) is -2.17. The molecule has 0 bridgehead atoms. The second-order valence-electron chi connectivity index (χ2n) is 7.83. The van der Waals surface area contributed by atoms with Crippen LogP contribution in [-0.4, -0.2) is 60.8 Å². The molecule has 1 aliphatic carbocycles. The van der Waals surface area contributed by atoms with Gasteiger partial charge in [0.25, 0.3) is 0 Å². The van der Waals surface area contributed by atoms with Gasteiger partial charge in [-0.05, 0) is 43.9 Å². The number of piperazine rings is 1. The third-order valence-corrected chi connectivity index (χ3v) is 7.95. The Morgan fingerprint density at radius 1 is 1.00 bits per heavy atom. The van der Waals surface area contributed by atoms with E-state index in [2.05, 4.69) is 0 Å². The van der Waals surface area contributed by atoms with Gasteiger partial charge >= 0.3 is 5.97 Å². The number of aliphatic carboxylic acids is 1. The first-order valence-corrected chi connectivity index (χ1v) is 11.2. The van der Waals surface area contributed by atoms with Crippen LogP contribution in [0.15, 0.2) is 23.1 Å². The molecule has 1 aromatic carbocycles. The molecule has 1 aliphatic heterocycles. The lowest BCUT2D eigenvalue weighted by Crippen LogP contribution is -2.53. The predicted octanol–water partition coefficient (Wildman–Crippen LogP) is 2.03. The van der Waals surface area contributed by atoms with Crippen molar-refractivity contribution in [1.82, 2.24) is 9.21 Å². The van der Waals surface area contributed by atoms with Crippen molar-refractivity contribution in [3.63, 3.8) is 0 Å².